The second-order valence-electron chi connectivity index (χ2n) is 4.33. The lowest BCUT2D eigenvalue weighted by atomic mass is 10.2. The van der Waals surface area contributed by atoms with Crippen molar-refractivity contribution in [1.82, 2.24) is 14.5 Å². The largest absolute Gasteiger partial charge is 0.394 e. The van der Waals surface area contributed by atoms with Crippen molar-refractivity contribution in [1.29, 1.82) is 0 Å². The van der Waals surface area contributed by atoms with Crippen LogP contribution in [0.1, 0.15) is 6.23 Å². The standard InChI is InChI=1S/C13H16N4O4/c1-2-9(20)10(5-18)21-11(6-19)17-4-3-8-12(14)15-7-16-13(8)17/h1,3-4,7,9-11,18-20H,5-6H2,(H2,14,15,16)/t9-,10+,11+/m0/s1. The Bertz CT molecular complexity index is 651. The van der Waals surface area contributed by atoms with E-state index in [4.69, 9.17) is 16.9 Å². The van der Waals surface area contributed by atoms with Crippen molar-refractivity contribution in [3.63, 3.8) is 0 Å². The van der Waals surface area contributed by atoms with Crippen LogP contribution in [0.3, 0.4) is 0 Å². The predicted molar refractivity (Wildman–Crippen MR) is 74.9 cm³/mol. The quantitative estimate of drug-likeness (QED) is 0.496. The summed E-state index contributed by atoms with van der Waals surface area (Å²) >= 11 is 0. The van der Waals surface area contributed by atoms with Gasteiger partial charge in [-0.15, -0.1) is 6.42 Å². The molecule has 21 heavy (non-hydrogen) atoms. The van der Waals surface area contributed by atoms with Gasteiger partial charge in [-0.05, 0) is 6.07 Å². The number of rotatable bonds is 6. The first-order chi connectivity index (χ1) is 10.1. The monoisotopic (exact) mass is 292 g/mol. The second kappa shape index (κ2) is 6.51. The zero-order valence-electron chi connectivity index (χ0n) is 11.1. The Morgan fingerprint density at radius 2 is 2.14 bits per heavy atom. The number of hydrogen-bond acceptors (Lipinski definition) is 7. The van der Waals surface area contributed by atoms with Gasteiger partial charge in [-0.3, -0.25) is 0 Å². The van der Waals surface area contributed by atoms with Gasteiger partial charge in [0.1, 0.15) is 30.0 Å². The molecule has 3 atom stereocenters. The Balaban J connectivity index is 2.32. The van der Waals surface area contributed by atoms with Crippen LogP contribution in [-0.2, 0) is 4.74 Å². The minimum absolute atomic E-state index is 0.304. The van der Waals surface area contributed by atoms with E-state index in [0.717, 1.165) is 0 Å². The lowest BCUT2D eigenvalue weighted by Gasteiger charge is -2.25. The molecule has 0 aromatic carbocycles. The first-order valence-corrected chi connectivity index (χ1v) is 6.20. The molecule has 0 fully saturated rings. The number of fused-ring (bicyclic) bond motifs is 1. The Kier molecular flexibility index (Phi) is 4.72. The van der Waals surface area contributed by atoms with Crippen molar-refractivity contribution in [2.75, 3.05) is 18.9 Å². The first kappa shape index (κ1) is 15.2. The number of nitrogens with zero attached hydrogens (tertiary/aromatic N) is 3. The Labute approximate surface area is 120 Å². The SMILES string of the molecule is C#C[C@H](O)[C@@H](CO)O[C@H](CO)n1ccc2c(N)ncnc21. The van der Waals surface area contributed by atoms with Crippen molar-refractivity contribution < 1.29 is 20.1 Å². The van der Waals surface area contributed by atoms with E-state index < -0.39 is 31.6 Å². The van der Waals surface area contributed by atoms with E-state index in [1.54, 1.807) is 12.3 Å². The average Bonchev–Trinajstić information content (AvgIpc) is 2.93. The van der Waals surface area contributed by atoms with Gasteiger partial charge in [0.05, 0.1) is 18.6 Å². The zero-order chi connectivity index (χ0) is 15.4. The summed E-state index contributed by atoms with van der Waals surface area (Å²) in [5, 5.41) is 28.9. The van der Waals surface area contributed by atoms with Gasteiger partial charge in [0, 0.05) is 6.20 Å². The summed E-state index contributed by atoms with van der Waals surface area (Å²) in [6.07, 6.45) is 4.82. The van der Waals surface area contributed by atoms with Gasteiger partial charge in [0.25, 0.3) is 0 Å². The minimum Gasteiger partial charge on any atom is -0.394 e. The number of nitrogen functional groups attached to an aromatic ring is 1. The van der Waals surface area contributed by atoms with Gasteiger partial charge in [0.15, 0.2) is 6.23 Å². The molecule has 0 saturated heterocycles. The van der Waals surface area contributed by atoms with Crippen LogP contribution in [0.15, 0.2) is 18.6 Å². The Morgan fingerprint density at radius 3 is 2.76 bits per heavy atom. The molecule has 5 N–H and O–H groups in total. The molecule has 0 spiro atoms. The molecule has 112 valence electrons. The molecule has 2 aromatic heterocycles. The number of aliphatic hydroxyl groups is 3. The zero-order valence-corrected chi connectivity index (χ0v) is 11.1. The molecule has 8 nitrogen and oxygen atoms in total. The number of ether oxygens (including phenoxy) is 1. The van der Waals surface area contributed by atoms with Gasteiger partial charge >= 0.3 is 0 Å². The fourth-order valence-electron chi connectivity index (χ4n) is 1.95. The van der Waals surface area contributed by atoms with E-state index in [1.165, 1.54) is 10.9 Å². The maximum Gasteiger partial charge on any atom is 0.159 e. The van der Waals surface area contributed by atoms with Gasteiger partial charge in [-0.25, -0.2) is 9.97 Å². The molecule has 0 aliphatic carbocycles. The van der Waals surface area contributed by atoms with Gasteiger partial charge in [0.2, 0.25) is 0 Å². The number of anilines is 1. The summed E-state index contributed by atoms with van der Waals surface area (Å²) in [7, 11) is 0. The topological polar surface area (TPSA) is 127 Å². The third-order valence-electron chi connectivity index (χ3n) is 3.04. The molecule has 2 aromatic rings. The molecule has 0 aliphatic heterocycles. The molecule has 2 heterocycles. The van der Waals surface area contributed by atoms with E-state index >= 15 is 0 Å². The molecule has 0 amide bonds. The lowest BCUT2D eigenvalue weighted by Crippen LogP contribution is -2.35. The van der Waals surface area contributed by atoms with Crippen molar-refractivity contribution in [2.24, 2.45) is 0 Å². The van der Waals surface area contributed by atoms with Crippen LogP contribution >= 0.6 is 0 Å². The maximum absolute atomic E-state index is 9.56. The van der Waals surface area contributed by atoms with Crippen LogP contribution in [0.5, 0.6) is 0 Å². The highest BCUT2D eigenvalue weighted by atomic mass is 16.5. The van der Waals surface area contributed by atoms with Crippen LogP contribution in [0.25, 0.3) is 11.0 Å². The highest BCUT2D eigenvalue weighted by Crippen LogP contribution is 2.23. The van der Waals surface area contributed by atoms with Crippen molar-refractivity contribution in [3.05, 3.63) is 18.6 Å². The van der Waals surface area contributed by atoms with Crippen molar-refractivity contribution in [3.8, 4) is 12.3 Å². The summed E-state index contributed by atoms with van der Waals surface area (Å²) in [6, 6.07) is 1.68. The van der Waals surface area contributed by atoms with Crippen LogP contribution in [0, 0.1) is 12.3 Å². The van der Waals surface area contributed by atoms with Crippen LogP contribution in [0.4, 0.5) is 5.82 Å². The van der Waals surface area contributed by atoms with Gasteiger partial charge in [-0.1, -0.05) is 5.92 Å². The summed E-state index contributed by atoms with van der Waals surface area (Å²) in [5.74, 6) is 2.37. The first-order valence-electron chi connectivity index (χ1n) is 6.20. The summed E-state index contributed by atoms with van der Waals surface area (Å²) in [4.78, 5) is 7.95. The molecule has 0 bridgehead atoms. The van der Waals surface area contributed by atoms with Crippen molar-refractivity contribution in [2.45, 2.75) is 18.4 Å². The highest BCUT2D eigenvalue weighted by molar-refractivity contribution is 5.86. The van der Waals surface area contributed by atoms with Crippen LogP contribution < -0.4 is 5.73 Å². The van der Waals surface area contributed by atoms with Crippen LogP contribution in [0.2, 0.25) is 0 Å². The van der Waals surface area contributed by atoms with E-state index in [0.29, 0.717) is 16.9 Å². The van der Waals surface area contributed by atoms with Crippen molar-refractivity contribution >= 4 is 16.9 Å². The Morgan fingerprint density at radius 1 is 1.38 bits per heavy atom. The van der Waals surface area contributed by atoms with Crippen LogP contribution in [-0.4, -0.2) is 55.3 Å². The molecule has 0 aliphatic rings. The molecule has 0 saturated carbocycles. The maximum atomic E-state index is 9.56. The second-order valence-corrected chi connectivity index (χ2v) is 4.33. The minimum atomic E-state index is -1.29. The van der Waals surface area contributed by atoms with E-state index in [2.05, 4.69) is 15.9 Å². The molecule has 8 heteroatoms. The predicted octanol–water partition coefficient (Wildman–Crippen LogP) is -1.12. The number of nitrogens with two attached hydrogens (primary N) is 1. The summed E-state index contributed by atoms with van der Waals surface area (Å²) < 4.78 is 6.99. The molecular weight excluding hydrogens is 276 g/mol. The van der Waals surface area contributed by atoms with Gasteiger partial charge < -0.3 is 30.4 Å². The fraction of sp³-hybridized carbons (Fsp3) is 0.385. The smallest absolute Gasteiger partial charge is 0.159 e. The number of terminal acetylenes is 1. The number of aliphatic hydroxyl groups excluding tert-OH is 3. The van der Waals surface area contributed by atoms with E-state index in [1.807, 2.05) is 0 Å². The Hall–Kier alpha value is -2.18. The van der Waals surface area contributed by atoms with E-state index in [9.17, 15) is 15.3 Å². The number of aromatic nitrogens is 3. The number of hydrogen-bond donors (Lipinski definition) is 4. The average molecular weight is 292 g/mol. The third-order valence-corrected chi connectivity index (χ3v) is 3.04. The molecule has 0 radical (unpaired) electrons. The fourth-order valence-corrected chi connectivity index (χ4v) is 1.95. The summed E-state index contributed by atoms with van der Waals surface area (Å²) in [6.45, 7) is -0.889. The highest BCUT2D eigenvalue weighted by Gasteiger charge is 2.24. The van der Waals surface area contributed by atoms with Gasteiger partial charge in [-0.2, -0.15) is 0 Å². The molecule has 2 rings (SSSR count). The van der Waals surface area contributed by atoms with E-state index in [-0.39, 0.29) is 0 Å². The molecular formula is C13H16N4O4. The third kappa shape index (κ3) is 2.96. The lowest BCUT2D eigenvalue weighted by molar-refractivity contribution is -0.123. The summed E-state index contributed by atoms with van der Waals surface area (Å²) in [5.41, 5.74) is 6.20. The molecule has 0 unspecified atom stereocenters. The normalized spacial score (nSPS) is 15.5.